The van der Waals surface area contributed by atoms with Gasteiger partial charge in [0.15, 0.2) is 6.04 Å². The number of hydrogen-bond donors (Lipinski definition) is 2. The highest BCUT2D eigenvalue weighted by molar-refractivity contribution is 5.85. The Morgan fingerprint density at radius 1 is 1.38 bits per heavy atom. The molecule has 5 nitrogen and oxygen atoms in total. The fourth-order valence-corrected chi connectivity index (χ4v) is 1.23. The second-order valence-electron chi connectivity index (χ2n) is 3.05. The van der Waals surface area contributed by atoms with Gasteiger partial charge in [-0.25, -0.2) is 0 Å². The normalized spacial score (nSPS) is 11.8. The van der Waals surface area contributed by atoms with Crippen molar-refractivity contribution in [3.05, 3.63) is 35.9 Å². The molecule has 0 aromatic heterocycles. The predicted octanol–water partition coefficient (Wildman–Crippen LogP) is 1.27. The molecule has 0 aliphatic rings. The average molecular weight is 248 g/mol. The van der Waals surface area contributed by atoms with Crippen molar-refractivity contribution in [2.24, 2.45) is 0 Å². The van der Waals surface area contributed by atoms with Crippen LogP contribution in [0.2, 0.25) is 0 Å². The molecular formula is C10H14ClNO4. The van der Waals surface area contributed by atoms with Crippen LogP contribution in [0.5, 0.6) is 0 Å². The number of methoxy groups -OCH3 is 1. The molecule has 0 spiro atoms. The first-order valence-corrected chi connectivity index (χ1v) is 4.44. The van der Waals surface area contributed by atoms with E-state index >= 15 is 0 Å². The van der Waals surface area contributed by atoms with Crippen LogP contribution in [0.15, 0.2) is 30.3 Å². The number of rotatable bonds is 4. The Bertz CT molecular complexity index is 318. The van der Waals surface area contributed by atoms with Crippen molar-refractivity contribution in [1.29, 1.82) is 0 Å². The number of esters is 1. The SMILES string of the molecule is COC(=O)[C@H](Cc1ccccc1)N(O)O.Cl. The van der Waals surface area contributed by atoms with E-state index in [1.165, 1.54) is 7.11 Å². The molecule has 0 bridgehead atoms. The molecule has 6 heteroatoms. The molecule has 0 aliphatic heterocycles. The van der Waals surface area contributed by atoms with Crippen molar-refractivity contribution in [2.45, 2.75) is 12.5 Å². The molecule has 1 atom stereocenters. The lowest BCUT2D eigenvalue weighted by atomic mass is 10.1. The molecule has 90 valence electrons. The molecule has 0 aliphatic carbocycles. The molecule has 2 N–H and O–H groups in total. The van der Waals surface area contributed by atoms with Gasteiger partial charge in [0.1, 0.15) is 0 Å². The first-order chi connectivity index (χ1) is 7.15. The largest absolute Gasteiger partial charge is 0.468 e. The third kappa shape index (κ3) is 4.16. The molecule has 0 saturated carbocycles. The molecule has 0 fully saturated rings. The molecule has 16 heavy (non-hydrogen) atoms. The molecule has 0 amide bonds. The van der Waals surface area contributed by atoms with Gasteiger partial charge in [0.2, 0.25) is 0 Å². The second-order valence-corrected chi connectivity index (χ2v) is 3.05. The highest BCUT2D eigenvalue weighted by Gasteiger charge is 2.25. The quantitative estimate of drug-likeness (QED) is 0.620. The lowest BCUT2D eigenvalue weighted by Crippen LogP contribution is -2.39. The van der Waals surface area contributed by atoms with Gasteiger partial charge >= 0.3 is 5.97 Å². The van der Waals surface area contributed by atoms with Gasteiger partial charge < -0.3 is 4.74 Å². The number of halogens is 1. The van der Waals surface area contributed by atoms with Crippen LogP contribution >= 0.6 is 12.4 Å². The fourth-order valence-electron chi connectivity index (χ4n) is 1.23. The Hall–Kier alpha value is -1.14. The van der Waals surface area contributed by atoms with Gasteiger partial charge in [-0.3, -0.25) is 15.2 Å². The summed E-state index contributed by atoms with van der Waals surface area (Å²) >= 11 is 0. The minimum absolute atomic E-state index is 0. The third-order valence-corrected chi connectivity index (χ3v) is 2.02. The molecule has 0 heterocycles. The number of carbonyl (C=O) groups excluding carboxylic acids is 1. The Labute approximate surface area is 99.6 Å². The molecular weight excluding hydrogens is 234 g/mol. The van der Waals surface area contributed by atoms with Gasteiger partial charge in [-0.2, -0.15) is 0 Å². The molecule has 0 unspecified atom stereocenters. The maximum absolute atomic E-state index is 11.2. The maximum Gasteiger partial charge on any atom is 0.328 e. The van der Waals surface area contributed by atoms with E-state index in [9.17, 15) is 4.79 Å². The molecule has 1 rings (SSSR count). The summed E-state index contributed by atoms with van der Waals surface area (Å²) in [5.41, 5.74) is 0.820. The first-order valence-electron chi connectivity index (χ1n) is 4.44. The number of carbonyl (C=O) groups is 1. The molecule has 0 radical (unpaired) electrons. The summed E-state index contributed by atoms with van der Waals surface area (Å²) in [6.07, 6.45) is 0.181. The van der Waals surface area contributed by atoms with Crippen LogP contribution in [0.4, 0.5) is 0 Å². The van der Waals surface area contributed by atoms with Gasteiger partial charge in [-0.1, -0.05) is 35.6 Å². The summed E-state index contributed by atoms with van der Waals surface area (Å²) in [4.78, 5) is 11.2. The molecule has 1 aromatic carbocycles. The zero-order valence-corrected chi connectivity index (χ0v) is 9.55. The highest BCUT2D eigenvalue weighted by Crippen LogP contribution is 2.07. The topological polar surface area (TPSA) is 70.0 Å². The number of hydroxylamine groups is 2. The summed E-state index contributed by atoms with van der Waals surface area (Å²) in [6, 6.07) is 7.94. The van der Waals surface area contributed by atoms with E-state index in [1.807, 2.05) is 18.2 Å². The number of hydrogen-bond acceptors (Lipinski definition) is 5. The summed E-state index contributed by atoms with van der Waals surface area (Å²) in [5, 5.41) is 17.6. The third-order valence-electron chi connectivity index (χ3n) is 2.02. The number of nitrogens with zero attached hydrogens (tertiary/aromatic N) is 1. The van der Waals surface area contributed by atoms with Gasteiger partial charge in [0.25, 0.3) is 0 Å². The first kappa shape index (κ1) is 14.9. The Kier molecular flexibility index (Phi) is 6.67. The minimum Gasteiger partial charge on any atom is -0.468 e. The van der Waals surface area contributed by atoms with Crippen LogP contribution in [-0.2, 0) is 16.0 Å². The van der Waals surface area contributed by atoms with E-state index in [0.717, 1.165) is 5.56 Å². The lowest BCUT2D eigenvalue weighted by Gasteiger charge is -2.17. The number of ether oxygens (including phenoxy) is 1. The van der Waals surface area contributed by atoms with Crippen LogP contribution < -0.4 is 0 Å². The maximum atomic E-state index is 11.2. The molecule has 1 aromatic rings. The Morgan fingerprint density at radius 2 is 1.94 bits per heavy atom. The van der Waals surface area contributed by atoms with Crippen molar-refractivity contribution >= 4 is 18.4 Å². The van der Waals surface area contributed by atoms with Crippen molar-refractivity contribution in [3.8, 4) is 0 Å². The Balaban J connectivity index is 0.00000225. The van der Waals surface area contributed by atoms with Crippen molar-refractivity contribution < 1.29 is 19.9 Å². The van der Waals surface area contributed by atoms with Crippen molar-refractivity contribution in [2.75, 3.05) is 7.11 Å². The average Bonchev–Trinajstić information content (AvgIpc) is 2.26. The summed E-state index contributed by atoms with van der Waals surface area (Å²) in [5.74, 6) is -0.691. The van der Waals surface area contributed by atoms with E-state index in [2.05, 4.69) is 4.74 Å². The van der Waals surface area contributed by atoms with Gasteiger partial charge in [-0.15, -0.1) is 12.4 Å². The minimum atomic E-state index is -1.10. The summed E-state index contributed by atoms with van der Waals surface area (Å²) in [7, 11) is 1.20. The van der Waals surface area contributed by atoms with E-state index in [1.54, 1.807) is 12.1 Å². The van der Waals surface area contributed by atoms with Crippen LogP contribution in [0.3, 0.4) is 0 Å². The highest BCUT2D eigenvalue weighted by atomic mass is 35.5. The Morgan fingerprint density at radius 3 is 2.38 bits per heavy atom. The standard InChI is InChI=1S/C10H13NO4.ClH/c1-15-10(12)9(11(13)14)7-8-5-3-2-4-6-8;/h2-6,9,13-14H,7H2,1H3;1H/t9-;/m0./s1. The summed E-state index contributed by atoms with van der Waals surface area (Å²) in [6.45, 7) is 0. The van der Waals surface area contributed by atoms with Crippen LogP contribution in [0, 0.1) is 0 Å². The zero-order valence-electron chi connectivity index (χ0n) is 8.74. The fraction of sp³-hybridized carbons (Fsp3) is 0.300. The van der Waals surface area contributed by atoms with Gasteiger partial charge in [0.05, 0.1) is 7.11 Å². The van der Waals surface area contributed by atoms with Crippen LogP contribution in [0.1, 0.15) is 5.56 Å². The second kappa shape index (κ2) is 7.19. The monoisotopic (exact) mass is 247 g/mol. The molecule has 0 saturated heterocycles. The van der Waals surface area contributed by atoms with Crippen molar-refractivity contribution in [1.82, 2.24) is 5.23 Å². The van der Waals surface area contributed by atoms with Crippen LogP contribution in [0.25, 0.3) is 0 Å². The van der Waals surface area contributed by atoms with E-state index in [-0.39, 0.29) is 24.1 Å². The lowest BCUT2D eigenvalue weighted by molar-refractivity contribution is -0.327. The van der Waals surface area contributed by atoms with E-state index in [0.29, 0.717) is 0 Å². The smallest absolute Gasteiger partial charge is 0.328 e. The van der Waals surface area contributed by atoms with Gasteiger partial charge in [-0.05, 0) is 5.56 Å². The number of benzene rings is 1. The van der Waals surface area contributed by atoms with Crippen molar-refractivity contribution in [3.63, 3.8) is 0 Å². The summed E-state index contributed by atoms with van der Waals surface area (Å²) < 4.78 is 4.45. The predicted molar refractivity (Wildman–Crippen MR) is 58.6 cm³/mol. The van der Waals surface area contributed by atoms with Crippen LogP contribution in [-0.4, -0.2) is 34.8 Å². The zero-order chi connectivity index (χ0) is 11.3. The van der Waals surface area contributed by atoms with Gasteiger partial charge in [0, 0.05) is 6.42 Å². The van der Waals surface area contributed by atoms with E-state index < -0.39 is 12.0 Å². The van der Waals surface area contributed by atoms with E-state index in [4.69, 9.17) is 10.4 Å².